The van der Waals surface area contributed by atoms with E-state index >= 15 is 0 Å². The van der Waals surface area contributed by atoms with E-state index in [9.17, 15) is 4.79 Å². The Morgan fingerprint density at radius 1 is 1.28 bits per heavy atom. The summed E-state index contributed by atoms with van der Waals surface area (Å²) in [5.41, 5.74) is 1.23. The Morgan fingerprint density at radius 3 is 2.67 bits per heavy atom. The van der Waals surface area contributed by atoms with E-state index in [-0.39, 0.29) is 0 Å². The largest absolute Gasteiger partial charge is 0.478 e. The number of carbonyl (C=O) groups is 1. The fourth-order valence-electron chi connectivity index (χ4n) is 1.89. The summed E-state index contributed by atoms with van der Waals surface area (Å²) in [5.74, 6) is -0.876. The van der Waals surface area contributed by atoms with Crippen molar-refractivity contribution < 1.29 is 9.90 Å². The van der Waals surface area contributed by atoms with E-state index in [1.807, 2.05) is 43.3 Å². The molecule has 0 aliphatic carbocycles. The van der Waals surface area contributed by atoms with Gasteiger partial charge in [0, 0.05) is 10.5 Å². The number of thiol groups is 1. The molecule has 0 unspecified atom stereocenters. The number of aliphatic carboxylic acids is 1. The highest BCUT2D eigenvalue weighted by Crippen LogP contribution is 2.27. The Kier molecular flexibility index (Phi) is 3.72. The second-order valence-electron chi connectivity index (χ2n) is 4.05. The van der Waals surface area contributed by atoms with Crippen LogP contribution in [-0.2, 0) is 4.79 Å². The third-order valence-electron chi connectivity index (χ3n) is 2.92. The molecular formula is C15H14O2S. The molecule has 2 aromatic carbocycles. The van der Waals surface area contributed by atoms with Crippen LogP contribution in [0.15, 0.2) is 46.9 Å². The SMILES string of the molecule is CCC(=Cc1ccc2ccccc2c1S)C(=O)O. The molecule has 0 aliphatic rings. The van der Waals surface area contributed by atoms with Gasteiger partial charge < -0.3 is 5.11 Å². The van der Waals surface area contributed by atoms with Gasteiger partial charge in [-0.2, -0.15) is 0 Å². The lowest BCUT2D eigenvalue weighted by Crippen LogP contribution is -1.98. The van der Waals surface area contributed by atoms with Crippen LogP contribution in [0.3, 0.4) is 0 Å². The molecule has 0 radical (unpaired) electrons. The fourth-order valence-corrected chi connectivity index (χ4v) is 2.23. The first-order valence-electron chi connectivity index (χ1n) is 5.78. The van der Waals surface area contributed by atoms with Crippen LogP contribution < -0.4 is 0 Å². The molecule has 0 aliphatic heterocycles. The summed E-state index contributed by atoms with van der Waals surface area (Å²) in [5, 5.41) is 11.2. The highest BCUT2D eigenvalue weighted by molar-refractivity contribution is 7.80. The summed E-state index contributed by atoms with van der Waals surface area (Å²) < 4.78 is 0. The minimum atomic E-state index is -0.876. The zero-order chi connectivity index (χ0) is 13.1. The molecule has 0 amide bonds. The lowest BCUT2D eigenvalue weighted by atomic mass is 10.0. The summed E-state index contributed by atoms with van der Waals surface area (Å²) in [7, 11) is 0. The third-order valence-corrected chi connectivity index (χ3v) is 3.42. The van der Waals surface area contributed by atoms with Crippen molar-refractivity contribution in [3.63, 3.8) is 0 Å². The summed E-state index contributed by atoms with van der Waals surface area (Å²) in [6.45, 7) is 1.83. The lowest BCUT2D eigenvalue weighted by molar-refractivity contribution is -0.132. The van der Waals surface area contributed by atoms with Crippen molar-refractivity contribution in [3.8, 4) is 0 Å². The number of hydrogen-bond acceptors (Lipinski definition) is 2. The van der Waals surface area contributed by atoms with Crippen LogP contribution in [0.1, 0.15) is 18.9 Å². The second-order valence-corrected chi connectivity index (χ2v) is 4.50. The van der Waals surface area contributed by atoms with E-state index in [4.69, 9.17) is 5.11 Å². The van der Waals surface area contributed by atoms with Crippen molar-refractivity contribution >= 4 is 35.4 Å². The summed E-state index contributed by atoms with van der Waals surface area (Å²) >= 11 is 4.51. The molecule has 0 spiro atoms. The fraction of sp³-hybridized carbons (Fsp3) is 0.133. The maximum atomic E-state index is 11.0. The van der Waals surface area contributed by atoms with Gasteiger partial charge in [0.2, 0.25) is 0 Å². The van der Waals surface area contributed by atoms with Gasteiger partial charge in [0.05, 0.1) is 0 Å². The third kappa shape index (κ3) is 2.41. The zero-order valence-corrected chi connectivity index (χ0v) is 10.9. The molecule has 2 rings (SSSR count). The molecule has 92 valence electrons. The molecule has 1 N–H and O–H groups in total. The van der Waals surface area contributed by atoms with Gasteiger partial charge in [-0.25, -0.2) is 4.79 Å². The van der Waals surface area contributed by atoms with E-state index < -0.39 is 5.97 Å². The number of hydrogen-bond donors (Lipinski definition) is 2. The number of rotatable bonds is 3. The molecule has 0 atom stereocenters. The molecule has 0 heterocycles. The molecule has 2 nitrogen and oxygen atoms in total. The van der Waals surface area contributed by atoms with Crippen molar-refractivity contribution in [3.05, 3.63) is 47.5 Å². The molecule has 2 aromatic rings. The van der Waals surface area contributed by atoms with Crippen LogP contribution >= 0.6 is 12.6 Å². The minimum Gasteiger partial charge on any atom is -0.478 e. The van der Waals surface area contributed by atoms with Gasteiger partial charge in [0.25, 0.3) is 0 Å². The molecule has 0 saturated carbocycles. The van der Waals surface area contributed by atoms with Crippen LogP contribution in [0.4, 0.5) is 0 Å². The van der Waals surface area contributed by atoms with Crippen molar-refractivity contribution in [2.75, 3.05) is 0 Å². The Labute approximate surface area is 111 Å². The standard InChI is InChI=1S/C15H14O2S/c1-2-10(15(16)17)9-12-8-7-11-5-3-4-6-13(11)14(12)18/h3-9,18H,2H2,1H3,(H,16,17). The van der Waals surface area contributed by atoms with Crippen molar-refractivity contribution in [2.45, 2.75) is 18.2 Å². The van der Waals surface area contributed by atoms with Gasteiger partial charge in [0.15, 0.2) is 0 Å². The first-order valence-corrected chi connectivity index (χ1v) is 6.22. The van der Waals surface area contributed by atoms with Gasteiger partial charge in [-0.05, 0) is 28.8 Å². The first-order chi connectivity index (χ1) is 8.63. The van der Waals surface area contributed by atoms with E-state index in [0.717, 1.165) is 21.2 Å². The predicted molar refractivity (Wildman–Crippen MR) is 77.1 cm³/mol. The van der Waals surface area contributed by atoms with E-state index in [1.165, 1.54) is 0 Å². The average Bonchev–Trinajstić information content (AvgIpc) is 2.38. The summed E-state index contributed by atoms with van der Waals surface area (Å²) in [6, 6.07) is 11.8. The smallest absolute Gasteiger partial charge is 0.331 e. The number of fused-ring (bicyclic) bond motifs is 1. The molecule has 0 bridgehead atoms. The van der Waals surface area contributed by atoms with E-state index in [1.54, 1.807) is 6.08 Å². The predicted octanol–water partition coefficient (Wildman–Crippen LogP) is 4.01. The topological polar surface area (TPSA) is 37.3 Å². The van der Waals surface area contributed by atoms with Crippen LogP contribution in [0.25, 0.3) is 16.8 Å². The minimum absolute atomic E-state index is 0.389. The Morgan fingerprint density at radius 2 is 2.00 bits per heavy atom. The van der Waals surface area contributed by atoms with Gasteiger partial charge in [0.1, 0.15) is 0 Å². The Hall–Kier alpha value is -1.74. The van der Waals surface area contributed by atoms with Crippen LogP contribution in [-0.4, -0.2) is 11.1 Å². The van der Waals surface area contributed by atoms with Gasteiger partial charge in [-0.1, -0.05) is 43.3 Å². The van der Waals surface area contributed by atoms with Crippen LogP contribution in [0.5, 0.6) is 0 Å². The average molecular weight is 258 g/mol. The molecule has 3 heteroatoms. The van der Waals surface area contributed by atoms with Gasteiger partial charge in [-0.3, -0.25) is 0 Å². The summed E-state index contributed by atoms with van der Waals surface area (Å²) in [4.78, 5) is 11.8. The highest BCUT2D eigenvalue weighted by atomic mass is 32.1. The van der Waals surface area contributed by atoms with Crippen molar-refractivity contribution in [2.24, 2.45) is 0 Å². The van der Waals surface area contributed by atoms with E-state index in [2.05, 4.69) is 12.6 Å². The molecule has 18 heavy (non-hydrogen) atoms. The zero-order valence-electron chi connectivity index (χ0n) is 10.1. The van der Waals surface area contributed by atoms with Crippen LogP contribution in [0, 0.1) is 0 Å². The van der Waals surface area contributed by atoms with E-state index in [0.29, 0.717) is 12.0 Å². The monoisotopic (exact) mass is 258 g/mol. The molecule has 0 aromatic heterocycles. The normalized spacial score (nSPS) is 11.8. The molecule has 0 saturated heterocycles. The van der Waals surface area contributed by atoms with Crippen molar-refractivity contribution in [1.29, 1.82) is 0 Å². The lowest BCUT2D eigenvalue weighted by Gasteiger charge is -2.06. The Balaban J connectivity index is 2.59. The maximum Gasteiger partial charge on any atom is 0.331 e. The highest BCUT2D eigenvalue weighted by Gasteiger charge is 2.07. The quantitative estimate of drug-likeness (QED) is 0.645. The first kappa shape index (κ1) is 12.7. The Bertz CT molecular complexity index is 629. The molecular weight excluding hydrogens is 244 g/mol. The van der Waals surface area contributed by atoms with Crippen molar-refractivity contribution in [1.82, 2.24) is 0 Å². The molecule has 0 fully saturated rings. The number of carboxylic acid groups (broad SMARTS) is 1. The van der Waals surface area contributed by atoms with Gasteiger partial charge in [-0.15, -0.1) is 12.6 Å². The number of carboxylic acids is 1. The number of benzene rings is 2. The maximum absolute atomic E-state index is 11.0. The van der Waals surface area contributed by atoms with Gasteiger partial charge >= 0.3 is 5.97 Å². The second kappa shape index (κ2) is 5.27. The van der Waals surface area contributed by atoms with Crippen LogP contribution in [0.2, 0.25) is 0 Å². The summed E-state index contributed by atoms with van der Waals surface area (Å²) in [6.07, 6.45) is 2.19.